The van der Waals surface area contributed by atoms with Gasteiger partial charge in [0.25, 0.3) is 11.8 Å². The van der Waals surface area contributed by atoms with Crippen LogP contribution in [0.3, 0.4) is 0 Å². The van der Waals surface area contributed by atoms with E-state index in [1.807, 2.05) is 12.1 Å². The number of carbonyl (C=O) groups excluding carboxylic acids is 2. The minimum atomic E-state index is -0.191. The number of benzene rings is 1. The molecule has 4 nitrogen and oxygen atoms in total. The van der Waals surface area contributed by atoms with Crippen LogP contribution in [0.25, 0.3) is 0 Å². The third kappa shape index (κ3) is 1.81. The van der Waals surface area contributed by atoms with Crippen LogP contribution < -0.4 is 0 Å². The van der Waals surface area contributed by atoms with Crippen LogP contribution in [0.5, 0.6) is 0 Å². The van der Waals surface area contributed by atoms with Crippen molar-refractivity contribution in [1.82, 2.24) is 5.01 Å². The number of hydrogen-bond acceptors (Lipinski definition) is 3. The first kappa shape index (κ1) is 13.5. The Balaban J connectivity index is 1.44. The van der Waals surface area contributed by atoms with E-state index in [1.54, 1.807) is 18.3 Å². The first-order valence-electron chi connectivity index (χ1n) is 8.01. The van der Waals surface area contributed by atoms with Gasteiger partial charge in [0.15, 0.2) is 0 Å². The summed E-state index contributed by atoms with van der Waals surface area (Å²) in [6.45, 7) is 0. The molecule has 0 spiro atoms. The molecule has 23 heavy (non-hydrogen) atoms. The fourth-order valence-electron chi connectivity index (χ4n) is 4.73. The minimum Gasteiger partial charge on any atom is -0.272 e. The molecule has 2 saturated carbocycles. The average Bonchev–Trinajstić information content (AvgIpc) is 3.33. The average molecular weight is 327 g/mol. The van der Waals surface area contributed by atoms with E-state index in [1.165, 1.54) is 6.42 Å². The number of imide groups is 1. The maximum absolute atomic E-state index is 12.7. The number of allylic oxidation sites excluding steroid dienone is 2. The molecule has 5 aliphatic rings. The molecule has 3 fully saturated rings. The van der Waals surface area contributed by atoms with Gasteiger partial charge in [-0.05, 0) is 47.8 Å². The van der Waals surface area contributed by atoms with Crippen molar-refractivity contribution in [3.63, 3.8) is 0 Å². The molecule has 2 amide bonds. The van der Waals surface area contributed by atoms with Crippen LogP contribution in [0.4, 0.5) is 0 Å². The molecule has 0 radical (unpaired) electrons. The number of nitrogens with zero attached hydrogens (tertiary/aromatic N) is 2. The van der Waals surface area contributed by atoms with Crippen molar-refractivity contribution < 1.29 is 9.59 Å². The van der Waals surface area contributed by atoms with Crippen LogP contribution in [0.2, 0.25) is 5.02 Å². The molecule has 0 unspecified atom stereocenters. The van der Waals surface area contributed by atoms with Gasteiger partial charge in [0.2, 0.25) is 0 Å². The lowest BCUT2D eigenvalue weighted by atomic mass is 9.63. The minimum absolute atomic E-state index is 0.130. The smallest absolute Gasteiger partial charge is 0.254 e. The lowest BCUT2D eigenvalue weighted by Gasteiger charge is -2.37. The number of halogens is 1. The fraction of sp³-hybridized carbons (Fsp3) is 0.389. The van der Waals surface area contributed by atoms with Gasteiger partial charge in [-0.25, -0.2) is 0 Å². The third-order valence-electron chi connectivity index (χ3n) is 5.83. The monoisotopic (exact) mass is 326 g/mol. The Morgan fingerprint density at radius 2 is 1.57 bits per heavy atom. The number of carbonyl (C=O) groups is 2. The zero-order chi connectivity index (χ0) is 15.7. The van der Waals surface area contributed by atoms with Gasteiger partial charge < -0.3 is 0 Å². The predicted molar refractivity (Wildman–Crippen MR) is 85.6 cm³/mol. The van der Waals surface area contributed by atoms with E-state index in [-0.39, 0.29) is 35.5 Å². The van der Waals surface area contributed by atoms with E-state index >= 15 is 0 Å². The van der Waals surface area contributed by atoms with Gasteiger partial charge in [-0.2, -0.15) is 10.1 Å². The van der Waals surface area contributed by atoms with Crippen LogP contribution >= 0.6 is 11.6 Å². The topological polar surface area (TPSA) is 49.7 Å². The Hall–Kier alpha value is -1.94. The van der Waals surface area contributed by atoms with Gasteiger partial charge in [0.1, 0.15) is 0 Å². The highest BCUT2D eigenvalue weighted by Gasteiger charge is 2.67. The second-order valence-corrected chi connectivity index (χ2v) is 7.38. The molecule has 1 saturated heterocycles. The Morgan fingerprint density at radius 1 is 1.00 bits per heavy atom. The van der Waals surface area contributed by atoms with Crippen molar-refractivity contribution in [3.8, 4) is 0 Å². The summed E-state index contributed by atoms with van der Waals surface area (Å²) in [5.41, 5.74) is 0.814. The Morgan fingerprint density at radius 3 is 2.13 bits per heavy atom. The summed E-state index contributed by atoms with van der Waals surface area (Å²) < 4.78 is 0. The van der Waals surface area contributed by atoms with E-state index < -0.39 is 0 Å². The summed E-state index contributed by atoms with van der Waals surface area (Å²) >= 11 is 5.85. The molecule has 1 aromatic carbocycles. The van der Waals surface area contributed by atoms with Crippen LogP contribution in [0, 0.1) is 35.5 Å². The maximum atomic E-state index is 12.7. The van der Waals surface area contributed by atoms with Gasteiger partial charge in [-0.1, -0.05) is 35.9 Å². The summed E-state index contributed by atoms with van der Waals surface area (Å²) in [5, 5.41) is 5.93. The van der Waals surface area contributed by atoms with Crippen molar-refractivity contribution in [3.05, 3.63) is 47.0 Å². The van der Waals surface area contributed by atoms with Gasteiger partial charge in [-0.15, -0.1) is 0 Å². The van der Waals surface area contributed by atoms with E-state index in [2.05, 4.69) is 17.3 Å². The van der Waals surface area contributed by atoms with Crippen molar-refractivity contribution in [1.29, 1.82) is 0 Å². The van der Waals surface area contributed by atoms with Gasteiger partial charge in [0, 0.05) is 5.02 Å². The third-order valence-corrected chi connectivity index (χ3v) is 6.08. The van der Waals surface area contributed by atoms with E-state index in [9.17, 15) is 9.59 Å². The molecular formula is C18H15ClN2O2. The summed E-state index contributed by atoms with van der Waals surface area (Å²) in [4.78, 5) is 25.4. The molecule has 0 aromatic heterocycles. The lowest BCUT2D eigenvalue weighted by molar-refractivity contribution is -0.140. The number of hydrazone groups is 1. The van der Waals surface area contributed by atoms with Gasteiger partial charge in [0.05, 0.1) is 18.1 Å². The second kappa shape index (κ2) is 4.54. The maximum Gasteiger partial charge on any atom is 0.254 e. The molecule has 6 rings (SSSR count). The normalized spacial score (nSPS) is 40.0. The second-order valence-electron chi connectivity index (χ2n) is 6.94. The molecule has 116 valence electrons. The molecule has 1 heterocycles. The SMILES string of the molecule is O=C1[C@@H]2[C@H]3C=C[C@@H]([C@@H]4C[C@@H]34)[C@H]2C(=O)N1N=Cc1ccc(Cl)cc1. The molecule has 1 aliphatic heterocycles. The molecule has 1 aromatic rings. The standard InChI is InChI=1S/C18H15ClN2O2/c19-10-3-1-9(2-4-10)8-20-21-17(22)15-11-5-6-12(14-7-13(11)14)16(15)18(21)23/h1-6,8,11-16H,7H2/t11-,12-,13-,14-,15+,16+/m0/s1. The summed E-state index contributed by atoms with van der Waals surface area (Å²) in [6.07, 6.45) is 7.05. The van der Waals surface area contributed by atoms with Crippen molar-refractivity contribution >= 4 is 29.6 Å². The summed E-state index contributed by atoms with van der Waals surface area (Å²) in [7, 11) is 0. The van der Waals surface area contributed by atoms with Crippen LogP contribution in [0.15, 0.2) is 41.5 Å². The molecular weight excluding hydrogens is 312 g/mol. The highest BCUT2D eigenvalue weighted by atomic mass is 35.5. The molecule has 5 heteroatoms. The van der Waals surface area contributed by atoms with E-state index in [0.29, 0.717) is 16.9 Å². The summed E-state index contributed by atoms with van der Waals surface area (Å²) in [6, 6.07) is 7.14. The molecule has 6 atom stereocenters. The summed E-state index contributed by atoms with van der Waals surface area (Å²) in [5.74, 6) is 1.06. The van der Waals surface area contributed by atoms with Crippen LogP contribution in [0.1, 0.15) is 12.0 Å². The molecule has 4 aliphatic carbocycles. The first-order valence-corrected chi connectivity index (χ1v) is 8.38. The van der Waals surface area contributed by atoms with E-state index in [4.69, 9.17) is 11.6 Å². The highest BCUT2D eigenvalue weighted by molar-refractivity contribution is 6.30. The highest BCUT2D eigenvalue weighted by Crippen LogP contribution is 2.65. The Bertz CT molecular complexity index is 734. The lowest BCUT2D eigenvalue weighted by Crippen LogP contribution is -2.40. The van der Waals surface area contributed by atoms with Gasteiger partial charge in [-0.3, -0.25) is 9.59 Å². The fourth-order valence-corrected chi connectivity index (χ4v) is 4.85. The van der Waals surface area contributed by atoms with Crippen LogP contribution in [-0.4, -0.2) is 23.0 Å². The van der Waals surface area contributed by atoms with E-state index in [0.717, 1.165) is 10.6 Å². The number of hydrogen-bond donors (Lipinski definition) is 0. The van der Waals surface area contributed by atoms with Crippen LogP contribution in [-0.2, 0) is 9.59 Å². The molecule has 0 N–H and O–H groups in total. The zero-order valence-corrected chi connectivity index (χ0v) is 13.1. The predicted octanol–water partition coefficient (Wildman–Crippen LogP) is 2.73. The Kier molecular flexibility index (Phi) is 2.66. The largest absolute Gasteiger partial charge is 0.272 e. The van der Waals surface area contributed by atoms with Gasteiger partial charge >= 0.3 is 0 Å². The number of rotatable bonds is 2. The molecule has 2 bridgehead atoms. The first-order chi connectivity index (χ1) is 11.1. The quantitative estimate of drug-likeness (QED) is 0.476. The number of amides is 2. The van der Waals surface area contributed by atoms with Crippen molar-refractivity contribution in [2.75, 3.05) is 0 Å². The Labute approximate surface area is 138 Å². The van der Waals surface area contributed by atoms with Crippen molar-refractivity contribution in [2.24, 2.45) is 40.6 Å². The zero-order valence-electron chi connectivity index (χ0n) is 12.3. The van der Waals surface area contributed by atoms with Crippen molar-refractivity contribution in [2.45, 2.75) is 6.42 Å².